The molecule has 0 amide bonds. The second-order valence-corrected chi connectivity index (χ2v) is 4.35. The topological polar surface area (TPSA) is 23.5 Å². The van der Waals surface area contributed by atoms with Crippen molar-refractivity contribution in [3.05, 3.63) is 0 Å². The molecule has 2 unspecified atom stereocenters. The van der Waals surface area contributed by atoms with Crippen LogP contribution in [0.15, 0.2) is 0 Å². The molecule has 1 aliphatic heterocycles. The molecule has 1 saturated heterocycles. The highest BCUT2D eigenvalue weighted by atomic mass is 19.1. The van der Waals surface area contributed by atoms with Crippen molar-refractivity contribution in [1.29, 1.82) is 0 Å². The first-order chi connectivity index (χ1) is 6.31. The monoisotopic (exact) mass is 187 g/mol. The first-order valence-electron chi connectivity index (χ1n) is 5.29. The summed E-state index contributed by atoms with van der Waals surface area (Å²) in [4.78, 5) is 2.24. The van der Waals surface area contributed by atoms with Gasteiger partial charge < -0.3 is 5.11 Å². The Morgan fingerprint density at radius 2 is 2.15 bits per heavy atom. The highest BCUT2D eigenvalue weighted by Crippen LogP contribution is 2.37. The molecule has 1 saturated carbocycles. The van der Waals surface area contributed by atoms with Gasteiger partial charge in [-0.05, 0) is 25.2 Å². The van der Waals surface area contributed by atoms with Gasteiger partial charge in [0.2, 0.25) is 0 Å². The third-order valence-electron chi connectivity index (χ3n) is 3.50. The molecule has 1 N–H and O–H groups in total. The maximum atomic E-state index is 12.1. The summed E-state index contributed by atoms with van der Waals surface area (Å²) >= 11 is 0. The van der Waals surface area contributed by atoms with Crippen molar-refractivity contribution in [3.63, 3.8) is 0 Å². The number of nitrogens with zero attached hydrogens (tertiary/aromatic N) is 1. The zero-order chi connectivity index (χ0) is 9.26. The van der Waals surface area contributed by atoms with Crippen molar-refractivity contribution in [2.45, 2.75) is 37.8 Å². The number of aliphatic hydroxyl groups is 1. The van der Waals surface area contributed by atoms with Crippen LogP contribution < -0.4 is 0 Å². The second kappa shape index (κ2) is 3.93. The number of β-amino-alcohol motifs (C(OH)–C–C–N with tert-alkyl or cyclic N) is 1. The van der Waals surface area contributed by atoms with Gasteiger partial charge >= 0.3 is 0 Å². The van der Waals surface area contributed by atoms with Gasteiger partial charge in [-0.2, -0.15) is 0 Å². The lowest BCUT2D eigenvalue weighted by Crippen LogP contribution is -2.55. The minimum Gasteiger partial charge on any atom is -0.389 e. The molecule has 0 spiro atoms. The van der Waals surface area contributed by atoms with Gasteiger partial charge in [0.25, 0.3) is 0 Å². The van der Waals surface area contributed by atoms with E-state index < -0.39 is 12.8 Å². The smallest absolute Gasteiger partial charge is 0.117 e. The number of hydrogen-bond donors (Lipinski definition) is 1. The lowest BCUT2D eigenvalue weighted by molar-refractivity contribution is -0.0218. The number of hydrogen-bond acceptors (Lipinski definition) is 2. The van der Waals surface area contributed by atoms with Gasteiger partial charge in [-0.1, -0.05) is 6.42 Å². The Hall–Kier alpha value is -0.150. The Balaban J connectivity index is 1.74. The van der Waals surface area contributed by atoms with Crippen molar-refractivity contribution in [3.8, 4) is 0 Å². The fourth-order valence-corrected chi connectivity index (χ4v) is 2.37. The Morgan fingerprint density at radius 1 is 1.38 bits per heavy atom. The predicted octanol–water partition coefficient (Wildman–Crippen LogP) is 1.19. The summed E-state index contributed by atoms with van der Waals surface area (Å²) in [5.41, 5.74) is 0. The highest BCUT2D eigenvalue weighted by molar-refractivity contribution is 4.92. The minimum absolute atomic E-state index is 0.539. The second-order valence-electron chi connectivity index (χ2n) is 4.35. The standard InChI is InChI=1S/C10H18FNO/c11-6-9(13)7-12-5-4-10(12)8-2-1-3-8/h8-10,13H,1-7H2. The van der Waals surface area contributed by atoms with Gasteiger partial charge in [-0.25, -0.2) is 4.39 Å². The molecule has 13 heavy (non-hydrogen) atoms. The Labute approximate surface area is 78.7 Å². The summed E-state index contributed by atoms with van der Waals surface area (Å²) < 4.78 is 12.1. The molecule has 2 fully saturated rings. The number of aliphatic hydroxyl groups excluding tert-OH is 1. The summed E-state index contributed by atoms with van der Waals surface area (Å²) in [6.07, 6.45) is 4.53. The normalized spacial score (nSPS) is 32.3. The van der Waals surface area contributed by atoms with Crippen molar-refractivity contribution >= 4 is 0 Å². The number of rotatable bonds is 4. The molecule has 2 aliphatic rings. The van der Waals surface area contributed by atoms with E-state index in [2.05, 4.69) is 4.90 Å². The van der Waals surface area contributed by atoms with Crippen LogP contribution in [-0.4, -0.2) is 41.9 Å². The average Bonchev–Trinajstić information content (AvgIpc) is 2.04. The number of likely N-dealkylation sites (tertiary alicyclic amines) is 1. The van der Waals surface area contributed by atoms with Crippen LogP contribution in [-0.2, 0) is 0 Å². The molecule has 1 heterocycles. The van der Waals surface area contributed by atoms with Gasteiger partial charge in [0, 0.05) is 19.1 Å². The molecular weight excluding hydrogens is 169 g/mol. The fraction of sp³-hybridized carbons (Fsp3) is 1.00. The molecule has 0 aromatic rings. The summed E-state index contributed by atoms with van der Waals surface area (Å²) in [6, 6.07) is 0.662. The Bertz CT molecular complexity index is 172. The van der Waals surface area contributed by atoms with Gasteiger partial charge in [-0.3, -0.25) is 4.90 Å². The summed E-state index contributed by atoms with van der Waals surface area (Å²) in [7, 11) is 0. The van der Waals surface area contributed by atoms with E-state index in [1.54, 1.807) is 0 Å². The fourth-order valence-electron chi connectivity index (χ4n) is 2.37. The molecule has 2 atom stereocenters. The molecule has 0 aromatic heterocycles. The number of alkyl halides is 1. The lowest BCUT2D eigenvalue weighted by atomic mass is 9.75. The zero-order valence-corrected chi connectivity index (χ0v) is 7.95. The van der Waals surface area contributed by atoms with Crippen LogP contribution in [0.25, 0.3) is 0 Å². The van der Waals surface area contributed by atoms with E-state index in [0.717, 1.165) is 12.5 Å². The van der Waals surface area contributed by atoms with Crippen LogP contribution in [0.3, 0.4) is 0 Å². The first kappa shape index (κ1) is 9.41. The van der Waals surface area contributed by atoms with E-state index in [1.165, 1.54) is 25.7 Å². The Kier molecular flexibility index (Phi) is 2.84. The summed E-state index contributed by atoms with van der Waals surface area (Å²) in [5.74, 6) is 0.848. The van der Waals surface area contributed by atoms with Crippen LogP contribution >= 0.6 is 0 Å². The summed E-state index contributed by atoms with van der Waals surface area (Å²) in [5, 5.41) is 9.17. The third-order valence-corrected chi connectivity index (χ3v) is 3.50. The van der Waals surface area contributed by atoms with Crippen LogP contribution in [0, 0.1) is 5.92 Å². The zero-order valence-electron chi connectivity index (χ0n) is 7.95. The minimum atomic E-state index is -0.761. The van der Waals surface area contributed by atoms with Gasteiger partial charge in [0.15, 0.2) is 0 Å². The maximum Gasteiger partial charge on any atom is 0.117 e. The van der Waals surface area contributed by atoms with Crippen molar-refractivity contribution in [1.82, 2.24) is 4.90 Å². The van der Waals surface area contributed by atoms with Crippen LogP contribution in [0.5, 0.6) is 0 Å². The van der Waals surface area contributed by atoms with E-state index >= 15 is 0 Å². The summed E-state index contributed by atoms with van der Waals surface area (Å²) in [6.45, 7) is 0.990. The van der Waals surface area contributed by atoms with Crippen LogP contribution in [0.1, 0.15) is 25.7 Å². The van der Waals surface area contributed by atoms with E-state index in [4.69, 9.17) is 5.11 Å². The molecule has 0 radical (unpaired) electrons. The molecule has 2 nitrogen and oxygen atoms in total. The SMILES string of the molecule is OC(CF)CN1CCC1C1CCC1. The van der Waals surface area contributed by atoms with E-state index in [1.807, 2.05) is 0 Å². The van der Waals surface area contributed by atoms with Crippen LogP contribution in [0.2, 0.25) is 0 Å². The Morgan fingerprint density at radius 3 is 2.54 bits per heavy atom. The van der Waals surface area contributed by atoms with Gasteiger partial charge in [0.1, 0.15) is 6.67 Å². The molecule has 0 aromatic carbocycles. The molecule has 2 rings (SSSR count). The van der Waals surface area contributed by atoms with E-state index in [0.29, 0.717) is 12.6 Å². The third kappa shape index (κ3) is 1.86. The molecule has 3 heteroatoms. The average molecular weight is 187 g/mol. The van der Waals surface area contributed by atoms with Crippen molar-refractivity contribution in [2.75, 3.05) is 19.8 Å². The van der Waals surface area contributed by atoms with Crippen molar-refractivity contribution in [2.24, 2.45) is 5.92 Å². The first-order valence-corrected chi connectivity index (χ1v) is 5.29. The van der Waals surface area contributed by atoms with E-state index in [-0.39, 0.29) is 0 Å². The molecule has 0 bridgehead atoms. The predicted molar refractivity (Wildman–Crippen MR) is 49.3 cm³/mol. The highest BCUT2D eigenvalue weighted by Gasteiger charge is 2.37. The number of halogens is 1. The molecule has 1 aliphatic carbocycles. The van der Waals surface area contributed by atoms with Gasteiger partial charge in [0.05, 0.1) is 6.10 Å². The molecule has 76 valence electrons. The van der Waals surface area contributed by atoms with E-state index in [9.17, 15) is 4.39 Å². The van der Waals surface area contributed by atoms with Crippen molar-refractivity contribution < 1.29 is 9.50 Å². The lowest BCUT2D eigenvalue weighted by Gasteiger charge is -2.49. The molecular formula is C10H18FNO. The van der Waals surface area contributed by atoms with Gasteiger partial charge in [-0.15, -0.1) is 0 Å². The largest absolute Gasteiger partial charge is 0.389 e. The quantitative estimate of drug-likeness (QED) is 0.714. The maximum absolute atomic E-state index is 12.1. The van der Waals surface area contributed by atoms with Crippen LogP contribution in [0.4, 0.5) is 4.39 Å².